The van der Waals surface area contributed by atoms with E-state index in [0.29, 0.717) is 0 Å². The topological polar surface area (TPSA) is 247 Å². The van der Waals surface area contributed by atoms with Crippen LogP contribution in [0.15, 0.2) is 21.9 Å². The first-order valence-electron chi connectivity index (χ1n) is 7.59. The van der Waals surface area contributed by atoms with Crippen LogP contribution in [0.4, 0.5) is 0 Å². The number of phosphoric acid groups is 2. The molecule has 0 saturated carbocycles. The van der Waals surface area contributed by atoms with Crippen LogP contribution in [0.5, 0.6) is 0 Å². The van der Waals surface area contributed by atoms with E-state index >= 15 is 0 Å². The van der Waals surface area contributed by atoms with Gasteiger partial charge in [0, 0.05) is 12.3 Å². The van der Waals surface area contributed by atoms with Crippen molar-refractivity contribution in [2.75, 3.05) is 6.61 Å². The predicted molar refractivity (Wildman–Crippen MR) is 98.4 cm³/mol. The molecule has 2 heterocycles. The Hall–Kier alpha value is -0.610. The Morgan fingerprint density at radius 1 is 1.27 bits per heavy atom. The minimum atomic E-state index is -5.53. The molecule has 0 bridgehead atoms. The van der Waals surface area contributed by atoms with E-state index in [0.717, 1.165) is 23.8 Å². The Morgan fingerprint density at radius 3 is 2.40 bits per heavy atom. The highest BCUT2D eigenvalue weighted by atomic mass is 32.5. The van der Waals surface area contributed by atoms with Gasteiger partial charge in [0.15, 0.2) is 6.23 Å². The van der Waals surface area contributed by atoms with E-state index in [1.54, 1.807) is 0 Å². The van der Waals surface area contributed by atoms with Gasteiger partial charge in [-0.05, 0) is 18.7 Å². The summed E-state index contributed by atoms with van der Waals surface area (Å²) in [6.45, 7) is -4.42. The number of aliphatic hydroxyl groups excluding tert-OH is 1. The smallest absolute Gasteiger partial charge is 0.387 e. The quantitative estimate of drug-likeness (QED) is 0.186. The number of hydrogen-bond acceptors (Lipinski definition) is 11. The third-order valence-electron chi connectivity index (χ3n) is 3.68. The fraction of sp³-hybridized carbons (Fsp3) is 0.600. The maximum absolute atomic E-state index is 11.9. The second-order valence-electron chi connectivity index (χ2n) is 6.10. The van der Waals surface area contributed by atoms with Crippen molar-refractivity contribution in [1.82, 2.24) is 9.55 Å². The number of nitrogens with zero attached hydrogens (tertiary/aromatic N) is 1. The van der Waals surface area contributed by atoms with E-state index < -0.39 is 64.3 Å². The first-order valence-corrected chi connectivity index (χ1v) is 13.2. The zero-order valence-corrected chi connectivity index (χ0v) is 18.2. The summed E-state index contributed by atoms with van der Waals surface area (Å²) >= 11 is 4.43. The summed E-state index contributed by atoms with van der Waals surface area (Å²) in [6.07, 6.45) is -3.74. The van der Waals surface area contributed by atoms with Crippen molar-refractivity contribution in [2.45, 2.75) is 31.0 Å². The van der Waals surface area contributed by atoms with Crippen molar-refractivity contribution >= 4 is 34.2 Å². The van der Waals surface area contributed by atoms with Crippen LogP contribution in [-0.4, -0.2) is 63.8 Å². The molecule has 1 aromatic rings. The Kier molecular flexibility index (Phi) is 7.46. The van der Waals surface area contributed by atoms with Crippen LogP contribution >= 0.6 is 22.4 Å². The maximum Gasteiger partial charge on any atom is 0.488 e. The third-order valence-corrected chi connectivity index (χ3v) is 8.40. The van der Waals surface area contributed by atoms with Gasteiger partial charge in [0.25, 0.3) is 5.56 Å². The monoisotopic (exact) mass is 514 g/mol. The van der Waals surface area contributed by atoms with Gasteiger partial charge in [-0.15, -0.1) is 0 Å². The van der Waals surface area contributed by atoms with Crippen LogP contribution in [0.25, 0.3) is 0 Å². The van der Waals surface area contributed by atoms with Gasteiger partial charge in [0.05, 0.1) is 6.61 Å². The van der Waals surface area contributed by atoms with Crippen LogP contribution in [0.3, 0.4) is 0 Å². The van der Waals surface area contributed by atoms with Gasteiger partial charge in [-0.3, -0.25) is 14.3 Å². The van der Waals surface area contributed by atoms with Crippen LogP contribution in [0.2, 0.25) is 0 Å². The molecule has 0 aliphatic carbocycles. The standard InChI is InChI=1S/C10H17N2O14P3S/c1-10(16)7(14)5(24-8(10)12-3-2-6(13)11-9(12)15)4-23-29(22,30)26-28(20,21)25-27(17,18)19/h2-3,5,7-8,14,16H,4H2,1H3,(H,20,21)(H,22,30)(H,11,13,15)(H2,17,18,19)/t5-,7-,8-,10-,29?/m1/s1. The molecule has 172 valence electrons. The minimum Gasteiger partial charge on any atom is -0.387 e. The molecule has 1 saturated heterocycles. The molecule has 6 atom stereocenters. The third kappa shape index (κ3) is 6.45. The summed E-state index contributed by atoms with van der Waals surface area (Å²) in [5.41, 5.74) is -3.79. The average Bonchev–Trinajstić information content (AvgIpc) is 2.73. The lowest BCUT2D eigenvalue weighted by atomic mass is 9.96. The lowest BCUT2D eigenvalue weighted by Gasteiger charge is -2.27. The molecule has 1 aromatic heterocycles. The first kappa shape index (κ1) is 25.6. The van der Waals surface area contributed by atoms with Crippen molar-refractivity contribution in [3.05, 3.63) is 33.1 Å². The molecule has 2 rings (SSSR count). The van der Waals surface area contributed by atoms with E-state index in [9.17, 15) is 38.7 Å². The molecule has 0 amide bonds. The molecule has 1 fully saturated rings. The molecule has 20 heteroatoms. The minimum absolute atomic E-state index is 0.724. The van der Waals surface area contributed by atoms with Gasteiger partial charge in [-0.1, -0.05) is 0 Å². The predicted octanol–water partition coefficient (Wildman–Crippen LogP) is -1.99. The summed E-state index contributed by atoms with van der Waals surface area (Å²) in [5.74, 6) is 0. The first-order chi connectivity index (χ1) is 13.4. The van der Waals surface area contributed by atoms with Crippen LogP contribution in [-0.2, 0) is 38.8 Å². The van der Waals surface area contributed by atoms with Gasteiger partial charge in [0.2, 0.25) is 0 Å². The van der Waals surface area contributed by atoms with E-state index in [4.69, 9.17) is 19.0 Å². The number of hydrogen-bond donors (Lipinski definition) is 7. The zero-order valence-electron chi connectivity index (χ0n) is 14.7. The van der Waals surface area contributed by atoms with E-state index in [-0.39, 0.29) is 0 Å². The van der Waals surface area contributed by atoms with Crippen molar-refractivity contribution in [3.8, 4) is 0 Å². The molecule has 16 nitrogen and oxygen atoms in total. The normalized spacial score (nSPS) is 31.2. The highest BCUT2D eigenvalue weighted by Crippen LogP contribution is 2.66. The molecule has 0 radical (unpaired) electrons. The maximum atomic E-state index is 11.9. The number of H-pyrrole nitrogens is 1. The highest BCUT2D eigenvalue weighted by molar-refractivity contribution is 8.08. The number of nitrogens with one attached hydrogen (secondary N) is 1. The SMILES string of the molecule is C[C@@]1(O)[C@H](O)[C@@H](COP(O)(=S)OP(=O)(O)OP(=O)(O)O)O[C@H]1n1ccc(=O)[nH]c1=O. The number of aromatic amines is 1. The summed E-state index contributed by atoms with van der Waals surface area (Å²) in [7, 11) is -11.0. The lowest BCUT2D eigenvalue weighted by Crippen LogP contribution is -2.46. The van der Waals surface area contributed by atoms with Gasteiger partial charge >= 0.3 is 28.1 Å². The second kappa shape index (κ2) is 8.73. The van der Waals surface area contributed by atoms with Crippen molar-refractivity contribution < 1.29 is 56.8 Å². The fourth-order valence-electron chi connectivity index (χ4n) is 2.46. The Morgan fingerprint density at radius 2 is 1.87 bits per heavy atom. The van der Waals surface area contributed by atoms with Crippen LogP contribution in [0.1, 0.15) is 13.2 Å². The summed E-state index contributed by atoms with van der Waals surface area (Å²) in [6, 6.07) is 0.957. The molecule has 0 aromatic carbocycles. The molecule has 1 aliphatic rings. The summed E-state index contributed by atoms with van der Waals surface area (Å²) in [4.78, 5) is 61.1. The molecular weight excluding hydrogens is 497 g/mol. The van der Waals surface area contributed by atoms with Gasteiger partial charge in [-0.2, -0.15) is 4.31 Å². The van der Waals surface area contributed by atoms with Crippen molar-refractivity contribution in [1.29, 1.82) is 0 Å². The van der Waals surface area contributed by atoms with Gasteiger partial charge < -0.3 is 39.0 Å². The second-order valence-corrected chi connectivity index (χ2v) is 11.9. The van der Waals surface area contributed by atoms with Gasteiger partial charge in [-0.25, -0.2) is 18.2 Å². The van der Waals surface area contributed by atoms with Gasteiger partial charge in [0.1, 0.15) is 17.8 Å². The van der Waals surface area contributed by atoms with E-state index in [2.05, 4.69) is 20.4 Å². The Bertz CT molecular complexity index is 1050. The number of ether oxygens (including phenoxy) is 1. The molecule has 7 N–H and O–H groups in total. The fourth-order valence-corrected chi connectivity index (χ4v) is 6.43. The van der Waals surface area contributed by atoms with E-state index in [1.807, 2.05) is 4.98 Å². The lowest BCUT2D eigenvalue weighted by molar-refractivity contribution is -0.0985. The van der Waals surface area contributed by atoms with Crippen molar-refractivity contribution in [3.63, 3.8) is 0 Å². The number of aliphatic hydroxyl groups is 2. The Labute approximate surface area is 171 Å². The largest absolute Gasteiger partial charge is 0.488 e. The molecular formula is C10H17N2O14P3S. The summed E-state index contributed by atoms with van der Waals surface area (Å²) < 4.78 is 40.4. The van der Waals surface area contributed by atoms with Crippen LogP contribution < -0.4 is 11.2 Å². The average molecular weight is 514 g/mol. The Balaban J connectivity index is 2.13. The molecule has 2 unspecified atom stereocenters. The zero-order chi connectivity index (χ0) is 23.1. The highest BCUT2D eigenvalue weighted by Gasteiger charge is 2.54. The number of rotatable bonds is 8. The van der Waals surface area contributed by atoms with E-state index in [1.165, 1.54) is 0 Å². The van der Waals surface area contributed by atoms with Crippen molar-refractivity contribution in [2.24, 2.45) is 0 Å². The number of aromatic nitrogens is 2. The van der Waals surface area contributed by atoms with Crippen LogP contribution in [0, 0.1) is 0 Å². The molecule has 30 heavy (non-hydrogen) atoms. The molecule has 1 aliphatic heterocycles. The molecule has 0 spiro atoms. The summed E-state index contributed by atoms with van der Waals surface area (Å²) in [5, 5.41) is 20.8.